The third kappa shape index (κ3) is 4.03. The molecule has 0 unspecified atom stereocenters. The van der Waals surface area contributed by atoms with Crippen molar-refractivity contribution >= 4 is 27.9 Å². The zero-order valence-corrected chi connectivity index (χ0v) is 16.1. The Labute approximate surface area is 158 Å². The van der Waals surface area contributed by atoms with Crippen LogP contribution in [0.5, 0.6) is 5.75 Å². The van der Waals surface area contributed by atoms with Crippen LogP contribution in [-0.2, 0) is 9.84 Å². The molecule has 140 valence electrons. The van der Waals surface area contributed by atoms with Crippen molar-refractivity contribution in [3.05, 3.63) is 66.1 Å². The SMILES string of the molecule is COc1cccc(C=Cc2nc(S(=O)(=O)c3ccccc3)c(N(C)C)o2)c1. The van der Waals surface area contributed by atoms with E-state index in [0.717, 1.165) is 11.3 Å². The largest absolute Gasteiger partial charge is 0.497 e. The van der Waals surface area contributed by atoms with Crippen molar-refractivity contribution in [2.75, 3.05) is 26.1 Å². The Morgan fingerprint density at radius 2 is 1.78 bits per heavy atom. The van der Waals surface area contributed by atoms with E-state index in [1.807, 2.05) is 24.3 Å². The van der Waals surface area contributed by atoms with Gasteiger partial charge in [0.05, 0.1) is 12.0 Å². The van der Waals surface area contributed by atoms with Crippen LogP contribution in [0.2, 0.25) is 0 Å². The minimum atomic E-state index is -3.79. The molecule has 0 aliphatic heterocycles. The minimum absolute atomic E-state index is 0.107. The predicted molar refractivity (Wildman–Crippen MR) is 105 cm³/mol. The molecular weight excluding hydrogens is 364 g/mol. The number of sulfone groups is 1. The predicted octanol–water partition coefficient (Wildman–Crippen LogP) is 3.75. The van der Waals surface area contributed by atoms with Gasteiger partial charge in [0.25, 0.3) is 0 Å². The molecule has 0 bridgehead atoms. The summed E-state index contributed by atoms with van der Waals surface area (Å²) in [5.74, 6) is 1.12. The lowest BCUT2D eigenvalue weighted by Gasteiger charge is -2.09. The highest BCUT2D eigenvalue weighted by atomic mass is 32.2. The number of rotatable bonds is 6. The lowest BCUT2D eigenvalue weighted by Crippen LogP contribution is -2.13. The lowest BCUT2D eigenvalue weighted by molar-refractivity contribution is 0.414. The van der Waals surface area contributed by atoms with Gasteiger partial charge in [0.1, 0.15) is 5.75 Å². The molecule has 0 radical (unpaired) electrons. The Hall–Kier alpha value is -3.06. The number of ether oxygens (including phenoxy) is 1. The van der Waals surface area contributed by atoms with Crippen molar-refractivity contribution in [2.24, 2.45) is 0 Å². The summed E-state index contributed by atoms with van der Waals surface area (Å²) in [7, 11) is 1.23. The van der Waals surface area contributed by atoms with E-state index in [2.05, 4.69) is 4.98 Å². The maximum atomic E-state index is 12.9. The van der Waals surface area contributed by atoms with Crippen molar-refractivity contribution < 1.29 is 17.6 Å². The zero-order valence-electron chi connectivity index (χ0n) is 15.3. The molecule has 0 fully saturated rings. The molecule has 6 nitrogen and oxygen atoms in total. The Morgan fingerprint density at radius 3 is 2.44 bits per heavy atom. The van der Waals surface area contributed by atoms with Crippen LogP contribution in [0.15, 0.2) is 68.9 Å². The molecule has 3 aromatic rings. The molecule has 0 atom stereocenters. The summed E-state index contributed by atoms with van der Waals surface area (Å²) in [5.41, 5.74) is 0.881. The number of methoxy groups -OCH3 is 1. The van der Waals surface area contributed by atoms with E-state index in [1.165, 1.54) is 12.1 Å². The second-order valence-electron chi connectivity index (χ2n) is 5.98. The smallest absolute Gasteiger partial charge is 0.235 e. The standard InChI is InChI=1S/C20H20N2O4S/c1-22(2)20-19(27(23,24)17-10-5-4-6-11-17)21-18(26-20)13-12-15-8-7-9-16(14-15)25-3/h4-14H,1-3H3. The van der Waals surface area contributed by atoms with Crippen LogP contribution in [0.25, 0.3) is 12.2 Å². The van der Waals surface area contributed by atoms with E-state index >= 15 is 0 Å². The topological polar surface area (TPSA) is 72.6 Å². The average Bonchev–Trinajstić information content (AvgIpc) is 3.13. The van der Waals surface area contributed by atoms with E-state index in [0.29, 0.717) is 0 Å². The molecule has 0 N–H and O–H groups in total. The van der Waals surface area contributed by atoms with E-state index in [1.54, 1.807) is 56.5 Å². The molecule has 7 heteroatoms. The lowest BCUT2D eigenvalue weighted by atomic mass is 10.2. The van der Waals surface area contributed by atoms with Gasteiger partial charge < -0.3 is 14.1 Å². The number of hydrogen-bond acceptors (Lipinski definition) is 6. The Kier molecular flexibility index (Phi) is 5.32. The van der Waals surface area contributed by atoms with E-state index in [-0.39, 0.29) is 21.7 Å². The molecule has 2 aromatic carbocycles. The van der Waals surface area contributed by atoms with Crippen LogP contribution in [0, 0.1) is 0 Å². The van der Waals surface area contributed by atoms with Gasteiger partial charge in [-0.3, -0.25) is 0 Å². The molecule has 1 aromatic heterocycles. The van der Waals surface area contributed by atoms with Crippen LogP contribution in [0.1, 0.15) is 11.5 Å². The molecule has 0 spiro atoms. The Balaban J connectivity index is 2.00. The van der Waals surface area contributed by atoms with E-state index in [4.69, 9.17) is 9.15 Å². The number of benzene rings is 2. The number of oxazole rings is 1. The summed E-state index contributed by atoms with van der Waals surface area (Å²) in [5, 5.41) is -0.107. The second kappa shape index (κ2) is 7.67. The van der Waals surface area contributed by atoms with E-state index in [9.17, 15) is 8.42 Å². The summed E-state index contributed by atoms with van der Waals surface area (Å²) in [6.07, 6.45) is 3.42. The van der Waals surface area contributed by atoms with Gasteiger partial charge >= 0.3 is 0 Å². The van der Waals surface area contributed by atoms with Crippen LogP contribution < -0.4 is 9.64 Å². The monoisotopic (exact) mass is 384 g/mol. The summed E-state index contributed by atoms with van der Waals surface area (Å²) in [4.78, 5) is 5.98. The van der Waals surface area contributed by atoms with Gasteiger partial charge in [-0.1, -0.05) is 30.3 Å². The average molecular weight is 384 g/mol. The van der Waals surface area contributed by atoms with Crippen LogP contribution in [0.3, 0.4) is 0 Å². The highest BCUT2D eigenvalue weighted by Gasteiger charge is 2.28. The highest BCUT2D eigenvalue weighted by Crippen LogP contribution is 2.30. The van der Waals surface area contributed by atoms with Crippen molar-refractivity contribution in [2.45, 2.75) is 9.92 Å². The maximum absolute atomic E-state index is 12.9. The maximum Gasteiger partial charge on any atom is 0.235 e. The molecular formula is C20H20N2O4S. The van der Waals surface area contributed by atoms with Crippen molar-refractivity contribution in [3.8, 4) is 5.75 Å². The molecule has 3 rings (SSSR count). The first kappa shape index (κ1) is 18.7. The molecule has 0 aliphatic carbocycles. The van der Waals surface area contributed by atoms with Gasteiger partial charge in [0.15, 0.2) is 0 Å². The second-order valence-corrected chi connectivity index (χ2v) is 7.85. The van der Waals surface area contributed by atoms with Gasteiger partial charge in [0, 0.05) is 20.2 Å². The Morgan fingerprint density at radius 1 is 1.04 bits per heavy atom. The van der Waals surface area contributed by atoms with Crippen LogP contribution >= 0.6 is 0 Å². The minimum Gasteiger partial charge on any atom is -0.497 e. The number of nitrogens with zero attached hydrogens (tertiary/aromatic N) is 2. The third-order valence-corrected chi connectivity index (χ3v) is 5.49. The molecule has 0 saturated heterocycles. The molecule has 1 heterocycles. The van der Waals surface area contributed by atoms with Crippen molar-refractivity contribution in [3.63, 3.8) is 0 Å². The fourth-order valence-electron chi connectivity index (χ4n) is 2.47. The first-order valence-electron chi connectivity index (χ1n) is 8.22. The van der Waals surface area contributed by atoms with Gasteiger partial charge in [-0.15, -0.1) is 0 Å². The summed E-state index contributed by atoms with van der Waals surface area (Å²) >= 11 is 0. The normalized spacial score (nSPS) is 11.7. The van der Waals surface area contributed by atoms with E-state index < -0.39 is 9.84 Å². The molecule has 27 heavy (non-hydrogen) atoms. The van der Waals surface area contributed by atoms with Gasteiger partial charge in [-0.2, -0.15) is 4.98 Å². The Bertz CT molecular complexity index is 1050. The van der Waals surface area contributed by atoms with Crippen molar-refractivity contribution in [1.82, 2.24) is 4.98 Å². The van der Waals surface area contributed by atoms with Gasteiger partial charge in [-0.25, -0.2) is 8.42 Å². The van der Waals surface area contributed by atoms with Crippen LogP contribution in [0.4, 0.5) is 5.88 Å². The quantitative estimate of drug-likeness (QED) is 0.644. The molecule has 0 aliphatic rings. The number of aromatic nitrogens is 1. The first-order valence-corrected chi connectivity index (χ1v) is 9.70. The summed E-state index contributed by atoms with van der Waals surface area (Å²) < 4.78 is 36.8. The van der Waals surface area contributed by atoms with Gasteiger partial charge in [0.2, 0.25) is 26.6 Å². The summed E-state index contributed by atoms with van der Waals surface area (Å²) in [6, 6.07) is 15.6. The molecule has 0 saturated carbocycles. The number of anilines is 1. The van der Waals surface area contributed by atoms with Gasteiger partial charge in [-0.05, 0) is 35.9 Å². The van der Waals surface area contributed by atoms with Crippen molar-refractivity contribution in [1.29, 1.82) is 0 Å². The highest BCUT2D eigenvalue weighted by molar-refractivity contribution is 7.91. The third-order valence-electron chi connectivity index (χ3n) is 3.82. The molecule has 0 amide bonds. The first-order chi connectivity index (χ1) is 12.9. The number of hydrogen-bond donors (Lipinski definition) is 0. The fourth-order valence-corrected chi connectivity index (χ4v) is 3.87. The van der Waals surface area contributed by atoms with Crippen LogP contribution in [-0.4, -0.2) is 34.6 Å². The zero-order chi connectivity index (χ0) is 19.4. The fraction of sp³-hybridized carbons (Fsp3) is 0.150. The summed E-state index contributed by atoms with van der Waals surface area (Å²) in [6.45, 7) is 0.